The van der Waals surface area contributed by atoms with Crippen LogP contribution in [0.3, 0.4) is 0 Å². The van der Waals surface area contributed by atoms with E-state index in [9.17, 15) is 12.8 Å². The van der Waals surface area contributed by atoms with Gasteiger partial charge in [-0.1, -0.05) is 11.6 Å². The van der Waals surface area contributed by atoms with E-state index in [2.05, 4.69) is 4.72 Å². The first-order valence-corrected chi connectivity index (χ1v) is 7.01. The lowest BCUT2D eigenvalue weighted by molar-refractivity contribution is 0.475. The highest BCUT2D eigenvalue weighted by Crippen LogP contribution is 2.25. The molecule has 7 heteroatoms. The molecule has 0 unspecified atom stereocenters. The fourth-order valence-electron chi connectivity index (χ4n) is 1.42. The summed E-state index contributed by atoms with van der Waals surface area (Å²) in [7, 11) is -3.98. The van der Waals surface area contributed by atoms with Gasteiger partial charge >= 0.3 is 0 Å². The summed E-state index contributed by atoms with van der Waals surface area (Å²) in [5.74, 6) is -0.692. The third-order valence-corrected chi connectivity index (χ3v) is 4.17. The molecule has 19 heavy (non-hydrogen) atoms. The Kier molecular flexibility index (Phi) is 3.64. The SMILES string of the molecule is O=S(=O)(Nc1ccc(O)cc1)c1cc(F)ccc1Cl. The summed E-state index contributed by atoms with van der Waals surface area (Å²) in [6.07, 6.45) is 0. The Morgan fingerprint density at radius 3 is 2.37 bits per heavy atom. The van der Waals surface area contributed by atoms with Crippen LogP contribution in [0.2, 0.25) is 5.02 Å². The normalized spacial score (nSPS) is 11.3. The fraction of sp³-hybridized carbons (Fsp3) is 0. The predicted octanol–water partition coefficient (Wildman–Crippen LogP) is 2.99. The van der Waals surface area contributed by atoms with Crippen LogP contribution in [0, 0.1) is 5.82 Å². The number of rotatable bonds is 3. The standard InChI is InChI=1S/C12H9ClFNO3S/c13-11-6-1-8(14)7-12(11)19(17,18)15-9-2-4-10(16)5-3-9/h1-7,15-16H. The molecule has 2 rings (SSSR count). The quantitative estimate of drug-likeness (QED) is 0.857. The van der Waals surface area contributed by atoms with Gasteiger partial charge < -0.3 is 5.11 Å². The van der Waals surface area contributed by atoms with E-state index >= 15 is 0 Å². The smallest absolute Gasteiger partial charge is 0.263 e. The molecule has 0 atom stereocenters. The van der Waals surface area contributed by atoms with Crippen molar-refractivity contribution in [2.75, 3.05) is 4.72 Å². The molecule has 0 aliphatic carbocycles. The minimum atomic E-state index is -3.98. The van der Waals surface area contributed by atoms with Crippen LogP contribution < -0.4 is 4.72 Å². The van der Waals surface area contributed by atoms with E-state index < -0.39 is 15.8 Å². The van der Waals surface area contributed by atoms with E-state index in [1.54, 1.807) is 0 Å². The summed E-state index contributed by atoms with van der Waals surface area (Å²) < 4.78 is 39.4. The lowest BCUT2D eigenvalue weighted by atomic mass is 10.3. The van der Waals surface area contributed by atoms with Crippen molar-refractivity contribution in [2.24, 2.45) is 0 Å². The fourth-order valence-corrected chi connectivity index (χ4v) is 2.99. The highest BCUT2D eigenvalue weighted by molar-refractivity contribution is 7.92. The van der Waals surface area contributed by atoms with Gasteiger partial charge in [0.15, 0.2) is 0 Å². The van der Waals surface area contributed by atoms with Gasteiger partial charge in [-0.2, -0.15) is 0 Å². The molecule has 4 nitrogen and oxygen atoms in total. The molecular weight excluding hydrogens is 293 g/mol. The minimum absolute atomic E-state index is 0.00624. The summed E-state index contributed by atoms with van der Waals surface area (Å²) in [4.78, 5) is -0.345. The summed E-state index contributed by atoms with van der Waals surface area (Å²) in [5, 5.41) is 9.03. The third-order valence-electron chi connectivity index (χ3n) is 2.30. The molecule has 0 amide bonds. The molecule has 0 heterocycles. The van der Waals surface area contributed by atoms with E-state index in [-0.39, 0.29) is 21.4 Å². The van der Waals surface area contributed by atoms with Crippen molar-refractivity contribution >= 4 is 27.3 Å². The second kappa shape index (κ2) is 5.07. The molecule has 0 fully saturated rings. The summed E-state index contributed by atoms with van der Waals surface area (Å²) in [6, 6.07) is 8.48. The number of benzene rings is 2. The van der Waals surface area contributed by atoms with E-state index in [0.717, 1.165) is 12.1 Å². The molecule has 0 saturated carbocycles. The maximum absolute atomic E-state index is 13.1. The predicted molar refractivity (Wildman–Crippen MR) is 70.3 cm³/mol. The number of phenols is 1. The van der Waals surface area contributed by atoms with Gasteiger partial charge in [-0.25, -0.2) is 12.8 Å². The second-order valence-electron chi connectivity index (χ2n) is 3.73. The largest absolute Gasteiger partial charge is 0.508 e. The van der Waals surface area contributed by atoms with Crippen molar-refractivity contribution in [3.8, 4) is 5.75 Å². The molecule has 0 spiro atoms. The number of aromatic hydroxyl groups is 1. The first kappa shape index (κ1) is 13.6. The highest BCUT2D eigenvalue weighted by Gasteiger charge is 2.18. The van der Waals surface area contributed by atoms with Crippen molar-refractivity contribution in [2.45, 2.75) is 4.90 Å². The molecular formula is C12H9ClFNO3S. The van der Waals surface area contributed by atoms with Gasteiger partial charge in [-0.05, 0) is 42.5 Å². The molecule has 0 aliphatic heterocycles. The Hall–Kier alpha value is -1.79. The maximum atomic E-state index is 13.1. The lowest BCUT2D eigenvalue weighted by Crippen LogP contribution is -2.13. The van der Waals surface area contributed by atoms with Crippen molar-refractivity contribution in [3.63, 3.8) is 0 Å². The highest BCUT2D eigenvalue weighted by atomic mass is 35.5. The van der Waals surface area contributed by atoms with Gasteiger partial charge in [-0.3, -0.25) is 4.72 Å². The van der Waals surface area contributed by atoms with Crippen molar-refractivity contribution in [1.29, 1.82) is 0 Å². The van der Waals surface area contributed by atoms with Gasteiger partial charge in [-0.15, -0.1) is 0 Å². The molecule has 2 N–H and O–H groups in total. The second-order valence-corrected chi connectivity index (χ2v) is 5.79. The molecule has 0 bridgehead atoms. The Morgan fingerprint density at radius 2 is 1.74 bits per heavy atom. The first-order chi connectivity index (χ1) is 8.88. The van der Waals surface area contributed by atoms with Crippen LogP contribution in [-0.4, -0.2) is 13.5 Å². The van der Waals surface area contributed by atoms with Crippen LogP contribution in [0.25, 0.3) is 0 Å². The number of hydrogen-bond donors (Lipinski definition) is 2. The topological polar surface area (TPSA) is 66.4 Å². The van der Waals surface area contributed by atoms with Crippen LogP contribution in [0.1, 0.15) is 0 Å². The van der Waals surface area contributed by atoms with E-state index in [4.69, 9.17) is 16.7 Å². The average Bonchev–Trinajstić information content (AvgIpc) is 2.35. The Morgan fingerprint density at radius 1 is 1.11 bits per heavy atom. The first-order valence-electron chi connectivity index (χ1n) is 5.15. The summed E-state index contributed by atoms with van der Waals surface area (Å²) in [5.41, 5.74) is 0.234. The number of phenolic OH excluding ortho intramolecular Hbond substituents is 1. The average molecular weight is 302 g/mol. The van der Waals surface area contributed by atoms with Crippen molar-refractivity contribution in [1.82, 2.24) is 0 Å². The van der Waals surface area contributed by atoms with E-state index in [1.165, 1.54) is 30.3 Å². The molecule has 2 aromatic carbocycles. The van der Waals surface area contributed by atoms with Crippen LogP contribution in [0.5, 0.6) is 5.75 Å². The van der Waals surface area contributed by atoms with E-state index in [0.29, 0.717) is 0 Å². The summed E-state index contributed by atoms with van der Waals surface area (Å²) >= 11 is 5.75. The van der Waals surface area contributed by atoms with Crippen LogP contribution in [0.15, 0.2) is 47.4 Å². The van der Waals surface area contributed by atoms with Crippen molar-refractivity contribution in [3.05, 3.63) is 53.3 Å². The zero-order chi connectivity index (χ0) is 14.0. The molecule has 0 saturated heterocycles. The monoisotopic (exact) mass is 301 g/mol. The number of hydrogen-bond acceptors (Lipinski definition) is 3. The van der Waals surface area contributed by atoms with Gasteiger partial charge in [0.05, 0.1) is 5.02 Å². The molecule has 0 aromatic heterocycles. The van der Waals surface area contributed by atoms with Crippen molar-refractivity contribution < 1.29 is 17.9 Å². The molecule has 0 aliphatic rings. The number of anilines is 1. The zero-order valence-corrected chi connectivity index (χ0v) is 11.0. The van der Waals surface area contributed by atoms with Crippen LogP contribution >= 0.6 is 11.6 Å². The van der Waals surface area contributed by atoms with Gasteiger partial charge in [0.25, 0.3) is 10.0 Å². The Balaban J connectivity index is 2.37. The lowest BCUT2D eigenvalue weighted by Gasteiger charge is -2.09. The van der Waals surface area contributed by atoms with E-state index in [1.807, 2.05) is 0 Å². The minimum Gasteiger partial charge on any atom is -0.508 e. The van der Waals surface area contributed by atoms with Gasteiger partial charge in [0, 0.05) is 5.69 Å². The molecule has 2 aromatic rings. The molecule has 0 radical (unpaired) electrons. The Bertz CT molecular complexity index is 701. The molecule has 100 valence electrons. The van der Waals surface area contributed by atoms with Crippen LogP contribution in [-0.2, 0) is 10.0 Å². The number of halogens is 2. The van der Waals surface area contributed by atoms with Crippen LogP contribution in [0.4, 0.5) is 10.1 Å². The Labute approximate surface area is 114 Å². The third kappa shape index (κ3) is 3.15. The van der Waals surface area contributed by atoms with Gasteiger partial charge in [0.1, 0.15) is 16.5 Å². The van der Waals surface area contributed by atoms with Gasteiger partial charge in [0.2, 0.25) is 0 Å². The zero-order valence-electron chi connectivity index (χ0n) is 9.47. The number of sulfonamides is 1. The maximum Gasteiger partial charge on any atom is 0.263 e. The summed E-state index contributed by atoms with van der Waals surface area (Å²) in [6.45, 7) is 0. The number of nitrogens with one attached hydrogen (secondary N) is 1.